The van der Waals surface area contributed by atoms with Crippen molar-refractivity contribution in [1.82, 2.24) is 9.88 Å². The SMILES string of the molecule is Cc1ccccc1Cn1cc(CCC(=O)N[C@@H]2CCC[C@H](C)[C@H]2C)c2ccccc21. The van der Waals surface area contributed by atoms with Gasteiger partial charge in [-0.25, -0.2) is 0 Å². The van der Waals surface area contributed by atoms with Crippen LogP contribution < -0.4 is 5.32 Å². The Morgan fingerprint density at radius 2 is 1.80 bits per heavy atom. The van der Waals surface area contributed by atoms with Crippen molar-refractivity contribution in [2.24, 2.45) is 11.8 Å². The molecule has 0 radical (unpaired) electrons. The molecule has 1 fully saturated rings. The molecule has 1 N–H and O–H groups in total. The predicted molar refractivity (Wildman–Crippen MR) is 125 cm³/mol. The van der Waals surface area contributed by atoms with Gasteiger partial charge in [-0.1, -0.05) is 69.2 Å². The first-order chi connectivity index (χ1) is 14.5. The second-order valence-electron chi connectivity index (χ2n) is 9.17. The molecule has 3 aromatic rings. The lowest BCUT2D eigenvalue weighted by Crippen LogP contribution is -2.43. The van der Waals surface area contributed by atoms with Gasteiger partial charge in [0.15, 0.2) is 0 Å². The molecular formula is C27H34N2O. The van der Waals surface area contributed by atoms with Crippen LogP contribution in [0.2, 0.25) is 0 Å². The van der Waals surface area contributed by atoms with Gasteiger partial charge in [0, 0.05) is 36.1 Å². The van der Waals surface area contributed by atoms with Crippen molar-refractivity contribution in [3.05, 3.63) is 71.4 Å². The summed E-state index contributed by atoms with van der Waals surface area (Å²) < 4.78 is 2.33. The Morgan fingerprint density at radius 1 is 1.03 bits per heavy atom. The highest BCUT2D eigenvalue weighted by Crippen LogP contribution is 2.30. The van der Waals surface area contributed by atoms with Gasteiger partial charge in [0.2, 0.25) is 5.91 Å². The fourth-order valence-electron chi connectivity index (χ4n) is 4.94. The van der Waals surface area contributed by atoms with Gasteiger partial charge in [0.05, 0.1) is 0 Å². The first-order valence-electron chi connectivity index (χ1n) is 11.4. The van der Waals surface area contributed by atoms with Crippen LogP contribution in [0.15, 0.2) is 54.7 Å². The lowest BCUT2D eigenvalue weighted by molar-refractivity contribution is -0.122. The number of hydrogen-bond acceptors (Lipinski definition) is 1. The van der Waals surface area contributed by atoms with E-state index in [0.717, 1.165) is 19.4 Å². The Hall–Kier alpha value is -2.55. The van der Waals surface area contributed by atoms with Crippen LogP contribution in [0, 0.1) is 18.8 Å². The van der Waals surface area contributed by atoms with E-state index in [1.807, 2.05) is 0 Å². The minimum absolute atomic E-state index is 0.191. The molecule has 1 aromatic heterocycles. The largest absolute Gasteiger partial charge is 0.353 e. The highest BCUT2D eigenvalue weighted by molar-refractivity contribution is 5.85. The summed E-state index contributed by atoms with van der Waals surface area (Å²) in [6.45, 7) is 7.62. The number of hydrogen-bond donors (Lipinski definition) is 1. The number of amides is 1. The van der Waals surface area contributed by atoms with Gasteiger partial charge in [0.25, 0.3) is 0 Å². The Balaban J connectivity index is 1.47. The molecule has 3 nitrogen and oxygen atoms in total. The Morgan fingerprint density at radius 3 is 2.63 bits per heavy atom. The zero-order chi connectivity index (χ0) is 21.1. The van der Waals surface area contributed by atoms with Crippen molar-refractivity contribution in [3.8, 4) is 0 Å². The summed E-state index contributed by atoms with van der Waals surface area (Å²) in [6, 6.07) is 17.4. The van der Waals surface area contributed by atoms with E-state index in [1.54, 1.807) is 0 Å². The molecule has 1 heterocycles. The number of rotatable bonds is 6. The molecule has 0 spiro atoms. The normalized spacial score (nSPS) is 21.6. The third-order valence-electron chi connectivity index (χ3n) is 7.15. The van der Waals surface area contributed by atoms with E-state index in [2.05, 4.69) is 85.4 Å². The van der Waals surface area contributed by atoms with Crippen LogP contribution in [0.4, 0.5) is 0 Å². The summed E-state index contributed by atoms with van der Waals surface area (Å²) in [4.78, 5) is 12.7. The maximum atomic E-state index is 12.7. The van der Waals surface area contributed by atoms with Crippen molar-refractivity contribution in [2.75, 3.05) is 0 Å². The van der Waals surface area contributed by atoms with Gasteiger partial charge >= 0.3 is 0 Å². The first-order valence-corrected chi connectivity index (χ1v) is 11.4. The van der Waals surface area contributed by atoms with Crippen LogP contribution in [-0.4, -0.2) is 16.5 Å². The summed E-state index contributed by atoms with van der Waals surface area (Å²) in [5, 5.41) is 4.59. The molecule has 30 heavy (non-hydrogen) atoms. The van der Waals surface area contributed by atoms with E-state index in [0.29, 0.717) is 24.3 Å². The highest BCUT2D eigenvalue weighted by Gasteiger charge is 2.28. The van der Waals surface area contributed by atoms with E-state index in [1.165, 1.54) is 40.4 Å². The summed E-state index contributed by atoms with van der Waals surface area (Å²) in [6.07, 6.45) is 7.21. The van der Waals surface area contributed by atoms with E-state index in [9.17, 15) is 4.79 Å². The molecule has 0 aliphatic heterocycles. The fourth-order valence-corrected chi connectivity index (χ4v) is 4.94. The number of benzene rings is 2. The summed E-state index contributed by atoms with van der Waals surface area (Å²) in [5.74, 6) is 1.46. The van der Waals surface area contributed by atoms with Gasteiger partial charge in [-0.2, -0.15) is 0 Å². The Labute approximate surface area is 180 Å². The standard InChI is InChI=1S/C27H34N2O/c1-19-10-8-13-25(21(19)3)28-27(30)16-15-23-18-29(26-14-7-6-12-24(23)26)17-22-11-5-4-9-20(22)2/h4-7,9,11-12,14,18-19,21,25H,8,10,13,15-17H2,1-3H3,(H,28,30)/t19-,21+,25+/m0/s1. The van der Waals surface area contributed by atoms with E-state index in [4.69, 9.17) is 0 Å². The quantitative estimate of drug-likeness (QED) is 0.549. The van der Waals surface area contributed by atoms with Gasteiger partial charge in [0.1, 0.15) is 0 Å². The molecule has 0 saturated heterocycles. The van der Waals surface area contributed by atoms with Crippen LogP contribution in [0.25, 0.3) is 10.9 Å². The zero-order valence-corrected chi connectivity index (χ0v) is 18.5. The number of carbonyl (C=O) groups is 1. The molecule has 1 aliphatic carbocycles. The molecule has 158 valence electrons. The molecule has 0 bridgehead atoms. The molecule has 0 unspecified atom stereocenters. The van der Waals surface area contributed by atoms with Crippen molar-refractivity contribution < 1.29 is 4.79 Å². The lowest BCUT2D eigenvalue weighted by atomic mass is 9.78. The molecule has 1 amide bonds. The van der Waals surface area contributed by atoms with Crippen LogP contribution >= 0.6 is 0 Å². The summed E-state index contributed by atoms with van der Waals surface area (Å²) >= 11 is 0. The van der Waals surface area contributed by atoms with E-state index >= 15 is 0 Å². The number of aryl methyl sites for hydroxylation is 2. The predicted octanol–water partition coefficient (Wildman–Crippen LogP) is 5.87. The van der Waals surface area contributed by atoms with Crippen LogP contribution in [-0.2, 0) is 17.8 Å². The van der Waals surface area contributed by atoms with Crippen LogP contribution in [0.1, 0.15) is 56.2 Å². The average Bonchev–Trinajstić information content (AvgIpc) is 3.09. The second-order valence-corrected chi connectivity index (χ2v) is 9.17. The molecule has 3 heteroatoms. The Kier molecular flexibility index (Phi) is 6.26. The van der Waals surface area contributed by atoms with Gasteiger partial charge in [-0.3, -0.25) is 4.79 Å². The molecule has 2 aromatic carbocycles. The Bertz CT molecular complexity index is 1020. The molecule has 1 aliphatic rings. The van der Waals surface area contributed by atoms with Gasteiger partial charge in [-0.05, 0) is 54.4 Å². The number of aromatic nitrogens is 1. The van der Waals surface area contributed by atoms with Crippen molar-refractivity contribution in [3.63, 3.8) is 0 Å². The summed E-state index contributed by atoms with van der Waals surface area (Å²) in [5.41, 5.74) is 5.15. The van der Waals surface area contributed by atoms with Gasteiger partial charge < -0.3 is 9.88 Å². The van der Waals surface area contributed by atoms with E-state index < -0.39 is 0 Å². The molecule has 4 rings (SSSR count). The number of para-hydroxylation sites is 1. The minimum Gasteiger partial charge on any atom is -0.353 e. The van der Waals surface area contributed by atoms with Crippen molar-refractivity contribution in [2.45, 2.75) is 65.5 Å². The van der Waals surface area contributed by atoms with E-state index in [-0.39, 0.29) is 5.91 Å². The van der Waals surface area contributed by atoms with Crippen LogP contribution in [0.5, 0.6) is 0 Å². The third-order valence-corrected chi connectivity index (χ3v) is 7.15. The number of carbonyl (C=O) groups excluding carboxylic acids is 1. The topological polar surface area (TPSA) is 34.0 Å². The maximum Gasteiger partial charge on any atom is 0.220 e. The monoisotopic (exact) mass is 402 g/mol. The zero-order valence-electron chi connectivity index (χ0n) is 18.5. The number of fused-ring (bicyclic) bond motifs is 1. The summed E-state index contributed by atoms with van der Waals surface area (Å²) in [7, 11) is 0. The lowest BCUT2D eigenvalue weighted by Gasteiger charge is -2.34. The molecule has 1 saturated carbocycles. The second kappa shape index (κ2) is 9.07. The molecular weight excluding hydrogens is 368 g/mol. The fraction of sp³-hybridized carbons (Fsp3) is 0.444. The average molecular weight is 403 g/mol. The molecule has 3 atom stereocenters. The number of nitrogens with one attached hydrogen (secondary N) is 1. The highest BCUT2D eigenvalue weighted by atomic mass is 16.1. The van der Waals surface area contributed by atoms with Crippen LogP contribution in [0.3, 0.4) is 0 Å². The maximum absolute atomic E-state index is 12.7. The smallest absolute Gasteiger partial charge is 0.220 e. The van der Waals surface area contributed by atoms with Gasteiger partial charge in [-0.15, -0.1) is 0 Å². The van der Waals surface area contributed by atoms with Crippen molar-refractivity contribution in [1.29, 1.82) is 0 Å². The number of nitrogens with zero attached hydrogens (tertiary/aromatic N) is 1. The minimum atomic E-state index is 0.191. The third kappa shape index (κ3) is 4.45. The van der Waals surface area contributed by atoms with Crippen molar-refractivity contribution >= 4 is 16.8 Å². The first kappa shape index (κ1) is 20.7.